The lowest BCUT2D eigenvalue weighted by molar-refractivity contribution is -0.137. The second-order valence-electron chi connectivity index (χ2n) is 7.70. The summed E-state index contributed by atoms with van der Waals surface area (Å²) in [5, 5.41) is 1.30. The molecule has 0 radical (unpaired) electrons. The van der Waals surface area contributed by atoms with Crippen LogP contribution in [0.5, 0.6) is 0 Å². The average Bonchev–Trinajstić information content (AvgIpc) is 2.83. The van der Waals surface area contributed by atoms with E-state index in [-0.39, 0.29) is 16.9 Å². The van der Waals surface area contributed by atoms with Crippen molar-refractivity contribution >= 4 is 50.8 Å². The highest BCUT2D eigenvalue weighted by Crippen LogP contribution is 2.46. The molecule has 0 saturated carbocycles. The molecular formula is C25H20Cl3NO4S. The van der Waals surface area contributed by atoms with Gasteiger partial charge in [-0.15, -0.1) is 0 Å². The molecule has 3 aromatic carbocycles. The van der Waals surface area contributed by atoms with Crippen molar-refractivity contribution in [3.05, 3.63) is 111 Å². The van der Waals surface area contributed by atoms with Crippen LogP contribution in [0.2, 0.25) is 15.1 Å². The molecule has 0 spiro atoms. The molecule has 0 saturated heterocycles. The number of methoxy groups -OCH3 is 1. The van der Waals surface area contributed by atoms with Crippen LogP contribution in [-0.2, 0) is 19.6 Å². The summed E-state index contributed by atoms with van der Waals surface area (Å²) >= 11 is 18.5. The fourth-order valence-corrected chi connectivity index (χ4v) is 6.42. The van der Waals surface area contributed by atoms with Gasteiger partial charge in [0.15, 0.2) is 0 Å². The van der Waals surface area contributed by atoms with E-state index in [0.29, 0.717) is 26.2 Å². The van der Waals surface area contributed by atoms with Gasteiger partial charge in [-0.25, -0.2) is 13.2 Å². The minimum Gasteiger partial charge on any atom is -0.466 e. The van der Waals surface area contributed by atoms with Crippen LogP contribution in [0.15, 0.2) is 89.3 Å². The van der Waals surface area contributed by atoms with E-state index in [2.05, 4.69) is 0 Å². The number of hydrogen-bond donors (Lipinski definition) is 0. The lowest BCUT2D eigenvalue weighted by Gasteiger charge is -2.41. The van der Waals surface area contributed by atoms with Gasteiger partial charge in [0.1, 0.15) is 0 Å². The van der Waals surface area contributed by atoms with Gasteiger partial charge in [-0.05, 0) is 66.1 Å². The number of sulfonamides is 1. The second kappa shape index (κ2) is 10.1. The van der Waals surface area contributed by atoms with Crippen LogP contribution >= 0.6 is 34.8 Å². The van der Waals surface area contributed by atoms with Crippen molar-refractivity contribution in [1.82, 2.24) is 4.31 Å². The predicted octanol–water partition coefficient (Wildman–Crippen LogP) is 6.62. The Labute approximate surface area is 213 Å². The van der Waals surface area contributed by atoms with Crippen LogP contribution in [0.1, 0.15) is 29.6 Å². The average molecular weight is 537 g/mol. The maximum atomic E-state index is 14.1. The largest absolute Gasteiger partial charge is 0.466 e. The number of ether oxygens (including phenoxy) is 1. The summed E-state index contributed by atoms with van der Waals surface area (Å²) in [4.78, 5) is 12.8. The van der Waals surface area contributed by atoms with Crippen molar-refractivity contribution in [2.75, 3.05) is 7.11 Å². The molecule has 0 amide bonds. The first kappa shape index (κ1) is 24.8. The van der Waals surface area contributed by atoms with Gasteiger partial charge in [0.2, 0.25) is 10.0 Å². The molecule has 1 aliphatic rings. The number of esters is 1. The summed E-state index contributed by atoms with van der Waals surface area (Å²) in [6, 6.07) is 18.1. The first-order chi connectivity index (χ1) is 16.2. The molecule has 9 heteroatoms. The van der Waals surface area contributed by atoms with Crippen LogP contribution in [0.3, 0.4) is 0 Å². The number of carbonyl (C=O) groups excluding carboxylic acids is 1. The Kier molecular flexibility index (Phi) is 7.36. The first-order valence-electron chi connectivity index (χ1n) is 10.3. The summed E-state index contributed by atoms with van der Waals surface area (Å²) in [6.45, 7) is 0. The summed E-state index contributed by atoms with van der Waals surface area (Å²) in [5.74, 6) is -0.620. The normalized spacial score (nSPS) is 18.9. The van der Waals surface area contributed by atoms with Gasteiger partial charge < -0.3 is 4.74 Å². The molecule has 3 aromatic rings. The van der Waals surface area contributed by atoms with Crippen molar-refractivity contribution in [3.8, 4) is 0 Å². The lowest BCUT2D eigenvalue weighted by atomic mass is 9.89. The Hall–Kier alpha value is -2.35. The SMILES string of the molecule is COC(=O)C1=CC[C@@H](c2cccc(Cl)c2)N(S(=O)(=O)c2ccc(Cl)cc2)[C@H]1c1cccc(Cl)c1. The smallest absolute Gasteiger partial charge is 0.335 e. The van der Waals surface area contributed by atoms with Crippen molar-refractivity contribution in [1.29, 1.82) is 0 Å². The molecule has 176 valence electrons. The number of rotatable bonds is 5. The molecule has 4 rings (SSSR count). The molecule has 0 aromatic heterocycles. The van der Waals surface area contributed by atoms with Crippen molar-refractivity contribution in [3.63, 3.8) is 0 Å². The Balaban J connectivity index is 1.99. The maximum absolute atomic E-state index is 14.1. The number of nitrogens with zero attached hydrogens (tertiary/aromatic N) is 1. The van der Waals surface area contributed by atoms with Crippen LogP contribution in [0, 0.1) is 0 Å². The minimum atomic E-state index is -4.13. The summed E-state index contributed by atoms with van der Waals surface area (Å²) < 4.78 is 34.6. The van der Waals surface area contributed by atoms with E-state index in [4.69, 9.17) is 39.5 Å². The summed E-state index contributed by atoms with van der Waals surface area (Å²) in [5.41, 5.74) is 1.44. The highest BCUT2D eigenvalue weighted by Gasteiger charge is 2.44. The Morgan fingerprint density at radius 3 is 2.06 bits per heavy atom. The topological polar surface area (TPSA) is 63.7 Å². The van der Waals surface area contributed by atoms with E-state index in [1.807, 2.05) is 6.07 Å². The number of halogens is 3. The van der Waals surface area contributed by atoms with E-state index in [1.54, 1.807) is 48.5 Å². The second-order valence-corrected chi connectivity index (χ2v) is 10.9. The monoisotopic (exact) mass is 535 g/mol. The standard InChI is InChI=1S/C25H20Cl3NO4S/c1-33-25(30)22-12-13-23(16-4-2-6-19(27)14-16)29(24(22)17-5-3-7-20(28)15-17)34(31,32)21-10-8-18(26)9-11-21/h2-12,14-15,23-24H,13H2,1H3/t23-,24-/m0/s1. The number of hydrogen-bond acceptors (Lipinski definition) is 4. The zero-order valence-electron chi connectivity index (χ0n) is 18.0. The lowest BCUT2D eigenvalue weighted by Crippen LogP contribution is -2.42. The third-order valence-electron chi connectivity index (χ3n) is 5.63. The fraction of sp³-hybridized carbons (Fsp3) is 0.160. The number of benzene rings is 3. The third kappa shape index (κ3) is 4.88. The van der Waals surface area contributed by atoms with Crippen LogP contribution < -0.4 is 0 Å². The van der Waals surface area contributed by atoms with Gasteiger partial charge in [-0.2, -0.15) is 4.31 Å². The Morgan fingerprint density at radius 2 is 1.47 bits per heavy atom. The Morgan fingerprint density at radius 1 is 0.882 bits per heavy atom. The van der Waals surface area contributed by atoms with E-state index in [9.17, 15) is 13.2 Å². The zero-order valence-corrected chi connectivity index (χ0v) is 21.1. The van der Waals surface area contributed by atoms with Crippen LogP contribution in [0.4, 0.5) is 0 Å². The molecule has 0 fully saturated rings. The van der Waals surface area contributed by atoms with Crippen molar-refractivity contribution < 1.29 is 17.9 Å². The highest BCUT2D eigenvalue weighted by atomic mass is 35.5. The zero-order chi connectivity index (χ0) is 24.5. The highest BCUT2D eigenvalue weighted by molar-refractivity contribution is 7.89. The molecule has 34 heavy (non-hydrogen) atoms. The maximum Gasteiger partial charge on any atom is 0.335 e. The molecule has 1 heterocycles. The quantitative estimate of drug-likeness (QED) is 0.344. The van der Waals surface area contributed by atoms with Gasteiger partial charge in [0.25, 0.3) is 0 Å². The van der Waals surface area contributed by atoms with Gasteiger partial charge in [-0.3, -0.25) is 0 Å². The third-order valence-corrected chi connectivity index (χ3v) is 8.24. The number of carbonyl (C=O) groups is 1. The first-order valence-corrected chi connectivity index (χ1v) is 12.9. The molecule has 5 nitrogen and oxygen atoms in total. The van der Waals surface area contributed by atoms with Gasteiger partial charge >= 0.3 is 5.97 Å². The van der Waals surface area contributed by atoms with E-state index < -0.39 is 28.1 Å². The molecular weight excluding hydrogens is 517 g/mol. The van der Waals surface area contributed by atoms with Crippen molar-refractivity contribution in [2.45, 2.75) is 23.4 Å². The molecule has 1 aliphatic heterocycles. The summed E-state index contributed by atoms with van der Waals surface area (Å²) in [7, 11) is -2.87. The van der Waals surface area contributed by atoms with Crippen molar-refractivity contribution in [2.24, 2.45) is 0 Å². The minimum absolute atomic E-state index is 0.0436. The van der Waals surface area contributed by atoms with E-state index >= 15 is 0 Å². The molecule has 0 bridgehead atoms. The van der Waals surface area contributed by atoms with Gasteiger partial charge in [-0.1, -0.05) is 65.1 Å². The van der Waals surface area contributed by atoms with E-state index in [1.165, 1.54) is 35.7 Å². The summed E-state index contributed by atoms with van der Waals surface area (Å²) in [6.07, 6.45) is 1.96. The van der Waals surface area contributed by atoms with Crippen LogP contribution in [-0.4, -0.2) is 25.8 Å². The molecule has 2 atom stereocenters. The van der Waals surface area contributed by atoms with Crippen LogP contribution in [0.25, 0.3) is 0 Å². The predicted molar refractivity (Wildman–Crippen MR) is 134 cm³/mol. The van der Waals surface area contributed by atoms with E-state index in [0.717, 1.165) is 0 Å². The molecule has 0 N–H and O–H groups in total. The molecule has 0 unspecified atom stereocenters. The molecule has 0 aliphatic carbocycles. The Bertz CT molecular complexity index is 1360. The fourth-order valence-electron chi connectivity index (χ4n) is 4.12. The van der Waals surface area contributed by atoms with Gasteiger partial charge in [0, 0.05) is 15.1 Å². The van der Waals surface area contributed by atoms with Gasteiger partial charge in [0.05, 0.1) is 29.7 Å².